The molecule has 1 amide bonds. The number of rotatable bonds is 2. The van der Waals surface area contributed by atoms with Gasteiger partial charge < -0.3 is 5.32 Å². The summed E-state index contributed by atoms with van der Waals surface area (Å²) in [6.45, 7) is 4.40. The number of hydrogen-bond acceptors (Lipinski definition) is 5. The smallest absolute Gasteiger partial charge is 0.345 e. The molecule has 3 heterocycles. The van der Waals surface area contributed by atoms with Crippen LogP contribution in [0, 0.1) is 13.8 Å². The lowest BCUT2D eigenvalue weighted by Crippen LogP contribution is -2.35. The third-order valence-corrected chi connectivity index (χ3v) is 5.18. The molecule has 8 nitrogen and oxygen atoms in total. The van der Waals surface area contributed by atoms with Crippen molar-refractivity contribution >= 4 is 16.9 Å². The number of amides is 1. The second-order valence-corrected chi connectivity index (χ2v) is 7.07. The minimum absolute atomic E-state index is 0.00504. The first-order valence-electron chi connectivity index (χ1n) is 9.11. The molecule has 0 radical (unpaired) electrons. The molecule has 27 heavy (non-hydrogen) atoms. The van der Waals surface area contributed by atoms with E-state index in [2.05, 4.69) is 20.4 Å². The first-order valence-corrected chi connectivity index (χ1v) is 9.11. The Hall–Kier alpha value is -3.03. The van der Waals surface area contributed by atoms with Crippen molar-refractivity contribution in [2.45, 2.75) is 45.7 Å². The lowest BCUT2D eigenvalue weighted by Gasteiger charge is -2.16. The predicted molar refractivity (Wildman–Crippen MR) is 101 cm³/mol. The van der Waals surface area contributed by atoms with E-state index in [-0.39, 0.29) is 17.6 Å². The van der Waals surface area contributed by atoms with E-state index < -0.39 is 0 Å². The Labute approximate surface area is 156 Å². The van der Waals surface area contributed by atoms with Crippen LogP contribution in [-0.4, -0.2) is 36.3 Å². The maximum Gasteiger partial charge on any atom is 0.345 e. The zero-order valence-corrected chi connectivity index (χ0v) is 15.7. The van der Waals surface area contributed by atoms with Gasteiger partial charge in [0.25, 0.3) is 5.91 Å². The van der Waals surface area contributed by atoms with Crippen LogP contribution in [-0.2, 0) is 20.0 Å². The van der Waals surface area contributed by atoms with Gasteiger partial charge in [0.15, 0.2) is 0 Å². The predicted octanol–water partition coefficient (Wildman–Crippen LogP) is 1.28. The highest BCUT2D eigenvalue weighted by molar-refractivity contribution is 5.97. The van der Waals surface area contributed by atoms with Crippen LogP contribution in [0.1, 0.15) is 40.4 Å². The average molecular weight is 366 g/mol. The number of nitrogens with zero attached hydrogens (tertiary/aromatic N) is 5. The molecule has 0 saturated heterocycles. The van der Waals surface area contributed by atoms with E-state index >= 15 is 0 Å². The van der Waals surface area contributed by atoms with Crippen molar-refractivity contribution < 1.29 is 4.79 Å². The van der Waals surface area contributed by atoms with Crippen molar-refractivity contribution in [2.24, 2.45) is 7.05 Å². The Morgan fingerprint density at radius 1 is 1.15 bits per heavy atom. The summed E-state index contributed by atoms with van der Waals surface area (Å²) in [5, 5.41) is 7.36. The first-order chi connectivity index (χ1) is 12.9. The monoisotopic (exact) mass is 366 g/mol. The molecule has 3 aromatic rings. The van der Waals surface area contributed by atoms with Crippen LogP contribution in [0.2, 0.25) is 0 Å². The van der Waals surface area contributed by atoms with E-state index in [0.29, 0.717) is 24.9 Å². The molecular weight excluding hydrogens is 344 g/mol. The quantitative estimate of drug-likeness (QED) is 0.737. The zero-order valence-electron chi connectivity index (χ0n) is 15.7. The number of aryl methyl sites for hydroxylation is 4. The molecule has 140 valence electrons. The van der Waals surface area contributed by atoms with E-state index in [9.17, 15) is 9.59 Å². The maximum atomic E-state index is 12.7. The summed E-state index contributed by atoms with van der Waals surface area (Å²) < 4.78 is 3.07. The van der Waals surface area contributed by atoms with Gasteiger partial charge in [-0.2, -0.15) is 5.10 Å². The lowest BCUT2D eigenvalue weighted by atomic mass is 10.1. The topological polar surface area (TPSA) is 94.7 Å². The number of nitrogens with one attached hydrogen (secondary N) is 1. The van der Waals surface area contributed by atoms with Gasteiger partial charge in [0.2, 0.25) is 0 Å². The molecule has 1 aromatic carbocycles. The molecule has 1 unspecified atom stereocenters. The van der Waals surface area contributed by atoms with Crippen LogP contribution in [0.25, 0.3) is 11.0 Å². The minimum Gasteiger partial charge on any atom is -0.349 e. The third kappa shape index (κ3) is 3.22. The Kier molecular flexibility index (Phi) is 4.25. The van der Waals surface area contributed by atoms with Gasteiger partial charge in [-0.25, -0.2) is 19.4 Å². The van der Waals surface area contributed by atoms with Crippen LogP contribution >= 0.6 is 0 Å². The Balaban J connectivity index is 1.50. The molecule has 0 spiro atoms. The molecule has 1 aliphatic heterocycles. The van der Waals surface area contributed by atoms with Crippen LogP contribution < -0.4 is 11.0 Å². The van der Waals surface area contributed by atoms with E-state index in [1.54, 1.807) is 23.7 Å². The van der Waals surface area contributed by atoms with Crippen LogP contribution in [0.15, 0.2) is 23.0 Å². The molecule has 1 aliphatic rings. The number of hydrogen-bond donors (Lipinski definition) is 1. The summed E-state index contributed by atoms with van der Waals surface area (Å²) in [7, 11) is 1.66. The molecule has 2 aromatic heterocycles. The molecule has 0 bridgehead atoms. The highest BCUT2D eigenvalue weighted by Gasteiger charge is 2.22. The van der Waals surface area contributed by atoms with Crippen LogP contribution in [0.3, 0.4) is 0 Å². The van der Waals surface area contributed by atoms with Crippen molar-refractivity contribution in [3.05, 3.63) is 51.5 Å². The third-order valence-electron chi connectivity index (χ3n) is 5.18. The largest absolute Gasteiger partial charge is 0.349 e. The van der Waals surface area contributed by atoms with Gasteiger partial charge in [-0.05, 0) is 44.9 Å². The number of aromatic nitrogens is 5. The van der Waals surface area contributed by atoms with Crippen molar-refractivity contribution in [2.75, 3.05) is 0 Å². The van der Waals surface area contributed by atoms with Crippen molar-refractivity contribution in [1.29, 1.82) is 0 Å². The summed E-state index contributed by atoms with van der Waals surface area (Å²) >= 11 is 0. The molecule has 1 N–H and O–H groups in total. The highest BCUT2D eigenvalue weighted by atomic mass is 16.2. The summed E-state index contributed by atoms with van der Waals surface area (Å²) in [4.78, 5) is 33.8. The van der Waals surface area contributed by atoms with Gasteiger partial charge in [-0.1, -0.05) is 0 Å². The number of carbonyl (C=O) groups is 1. The summed E-state index contributed by atoms with van der Waals surface area (Å²) in [5.41, 5.74) is 3.72. The second kappa shape index (κ2) is 6.61. The number of carbonyl (C=O) groups excluding carboxylic acids is 1. The van der Waals surface area contributed by atoms with Crippen molar-refractivity contribution in [1.82, 2.24) is 29.6 Å². The summed E-state index contributed by atoms with van der Waals surface area (Å²) in [5.74, 6) is 0.653. The van der Waals surface area contributed by atoms with Gasteiger partial charge >= 0.3 is 5.69 Å². The maximum absolute atomic E-state index is 12.7. The average Bonchev–Trinajstić information content (AvgIpc) is 2.79. The molecule has 0 aliphatic carbocycles. The first kappa shape index (κ1) is 17.4. The van der Waals surface area contributed by atoms with E-state index in [0.717, 1.165) is 34.7 Å². The standard InChI is InChI=1S/C19H22N6O2/c1-11-12(2)21-16-10-13(4-6-15(16)20-11)18(26)22-14-5-7-17-23-24(3)19(27)25(17)9-8-14/h4,6,10,14H,5,7-9H2,1-3H3,(H,22,26). The Morgan fingerprint density at radius 2 is 1.89 bits per heavy atom. The van der Waals surface area contributed by atoms with Gasteiger partial charge in [0.05, 0.1) is 22.4 Å². The van der Waals surface area contributed by atoms with E-state index in [4.69, 9.17) is 0 Å². The van der Waals surface area contributed by atoms with Crippen molar-refractivity contribution in [3.63, 3.8) is 0 Å². The van der Waals surface area contributed by atoms with Crippen LogP contribution in [0.4, 0.5) is 0 Å². The summed E-state index contributed by atoms with van der Waals surface area (Å²) in [6.07, 6.45) is 2.13. The second-order valence-electron chi connectivity index (χ2n) is 7.07. The molecule has 4 rings (SSSR count). The summed E-state index contributed by atoms with van der Waals surface area (Å²) in [6, 6.07) is 5.39. The van der Waals surface area contributed by atoms with Gasteiger partial charge in [0.1, 0.15) is 5.82 Å². The Morgan fingerprint density at radius 3 is 2.67 bits per heavy atom. The van der Waals surface area contributed by atoms with E-state index in [1.165, 1.54) is 4.68 Å². The zero-order chi connectivity index (χ0) is 19.1. The number of fused-ring (bicyclic) bond motifs is 2. The SMILES string of the molecule is Cc1nc2ccc(C(=O)NC3CCc4nn(C)c(=O)n4CC3)cc2nc1C. The van der Waals surface area contributed by atoms with Crippen LogP contribution in [0.5, 0.6) is 0 Å². The molecule has 0 saturated carbocycles. The fraction of sp³-hybridized carbons (Fsp3) is 0.421. The molecule has 1 atom stereocenters. The normalized spacial score (nSPS) is 16.8. The Bertz CT molecular complexity index is 1100. The van der Waals surface area contributed by atoms with Crippen molar-refractivity contribution in [3.8, 4) is 0 Å². The molecule has 0 fully saturated rings. The molecule has 8 heteroatoms. The van der Waals surface area contributed by atoms with E-state index in [1.807, 2.05) is 19.9 Å². The van der Waals surface area contributed by atoms with Gasteiger partial charge in [0, 0.05) is 31.6 Å². The van der Waals surface area contributed by atoms with Gasteiger partial charge in [-0.3, -0.25) is 9.36 Å². The molecular formula is C19H22N6O2. The number of benzene rings is 1. The fourth-order valence-corrected chi connectivity index (χ4v) is 3.48. The lowest BCUT2D eigenvalue weighted by molar-refractivity contribution is 0.0933. The fourth-order valence-electron chi connectivity index (χ4n) is 3.48. The minimum atomic E-state index is -0.130. The van der Waals surface area contributed by atoms with Gasteiger partial charge in [-0.15, -0.1) is 0 Å². The highest BCUT2D eigenvalue weighted by Crippen LogP contribution is 2.16.